The molecule has 0 heterocycles. The van der Waals surface area contributed by atoms with Gasteiger partial charge in [0.2, 0.25) is 0 Å². The molecule has 0 saturated carbocycles. The van der Waals surface area contributed by atoms with Crippen molar-refractivity contribution in [2.75, 3.05) is 0 Å². The van der Waals surface area contributed by atoms with Crippen molar-refractivity contribution >= 4 is 24.8 Å². The first-order valence-corrected chi connectivity index (χ1v) is 7.57. The molecule has 2 aromatic rings. The first-order chi connectivity index (χ1) is 10.4. The van der Waals surface area contributed by atoms with Crippen LogP contribution in [0.1, 0.15) is 34.6 Å². The van der Waals surface area contributed by atoms with Crippen LogP contribution in [0.3, 0.4) is 0 Å². The first-order valence-electron chi connectivity index (χ1n) is 7.57. The molecule has 0 saturated heterocycles. The summed E-state index contributed by atoms with van der Waals surface area (Å²) in [5, 5.41) is 0. The third-order valence-corrected chi connectivity index (χ3v) is 3.78. The van der Waals surface area contributed by atoms with Crippen molar-refractivity contribution in [1.29, 1.82) is 0 Å². The summed E-state index contributed by atoms with van der Waals surface area (Å²) in [6.45, 7) is 10.9. The molecule has 2 aromatic carbocycles. The molecule has 0 bridgehead atoms. The largest absolute Gasteiger partial charge is 4.00 e. The van der Waals surface area contributed by atoms with E-state index < -0.39 is 0 Å². The van der Waals surface area contributed by atoms with Gasteiger partial charge in [0.1, 0.15) is 0 Å². The summed E-state index contributed by atoms with van der Waals surface area (Å²) in [7, 11) is 0. The second-order valence-electron chi connectivity index (χ2n) is 5.78. The molecular formula is C22H29Cl2NZr. The number of hydrogen-bond acceptors (Lipinski definition) is 0. The smallest absolute Gasteiger partial charge is 0.693 e. The van der Waals surface area contributed by atoms with Crippen LogP contribution in [0.4, 0.5) is 0 Å². The molecule has 0 unspecified atom stereocenters. The predicted octanol–water partition coefficient (Wildman–Crippen LogP) is 7.64. The van der Waals surface area contributed by atoms with Gasteiger partial charge in [-0.05, 0) is 0 Å². The van der Waals surface area contributed by atoms with Gasteiger partial charge >= 0.3 is 26.2 Å². The van der Waals surface area contributed by atoms with Gasteiger partial charge in [0.05, 0.1) is 0 Å². The van der Waals surface area contributed by atoms with E-state index in [-0.39, 0.29) is 62.6 Å². The van der Waals surface area contributed by atoms with E-state index in [0.717, 1.165) is 0 Å². The molecule has 0 aromatic heterocycles. The van der Waals surface area contributed by atoms with Crippen LogP contribution in [0.15, 0.2) is 77.4 Å². The summed E-state index contributed by atoms with van der Waals surface area (Å²) in [6, 6.07) is 25.0. The molecule has 4 heteroatoms. The normalized spacial score (nSPS) is 12.7. The molecule has 3 rings (SSSR count). The van der Waals surface area contributed by atoms with Gasteiger partial charge in [0.15, 0.2) is 0 Å². The van der Waals surface area contributed by atoms with E-state index in [1.54, 1.807) is 0 Å². The summed E-state index contributed by atoms with van der Waals surface area (Å²) in [6.07, 6.45) is 3.44. The third-order valence-electron chi connectivity index (χ3n) is 3.78. The maximum atomic E-state index is 3.44. The number of halogens is 2. The Balaban J connectivity index is -0.000000135. The first kappa shape index (κ1) is 33.0. The second kappa shape index (κ2) is 17.7. The zero-order chi connectivity index (χ0) is 16.4. The van der Waals surface area contributed by atoms with Gasteiger partial charge in [0, 0.05) is 0 Å². The number of allylic oxidation sites excluding steroid dienone is 4. The Morgan fingerprint density at radius 1 is 0.692 bits per heavy atom. The van der Waals surface area contributed by atoms with Gasteiger partial charge in [-0.3, -0.25) is 6.08 Å². The van der Waals surface area contributed by atoms with Crippen molar-refractivity contribution in [2.45, 2.75) is 34.6 Å². The standard InChI is InChI=1S/C10H15.2C6H5.2ClH.H2N.Zr/c1-7-6-10(4,5)9(3)8(7)2;2*1-2-4-6-5-3-1;;;;/h1-5H3;2*1-5H;2*1H;1H2;/q3*-1;;;-1;+4. The Morgan fingerprint density at radius 2 is 1.04 bits per heavy atom. The summed E-state index contributed by atoms with van der Waals surface area (Å²) in [5.41, 5.74) is 4.39. The van der Waals surface area contributed by atoms with Crippen LogP contribution in [0.2, 0.25) is 0 Å². The molecule has 0 aliphatic heterocycles. The van der Waals surface area contributed by atoms with Crippen molar-refractivity contribution in [3.05, 3.63) is 102 Å². The molecule has 0 amide bonds. The van der Waals surface area contributed by atoms with E-state index in [9.17, 15) is 0 Å². The van der Waals surface area contributed by atoms with Crippen LogP contribution in [0.25, 0.3) is 6.15 Å². The Morgan fingerprint density at radius 3 is 1.12 bits per heavy atom. The molecule has 1 aliphatic rings. The molecule has 2 N–H and O–H groups in total. The van der Waals surface area contributed by atoms with Crippen LogP contribution in [-0.4, -0.2) is 0 Å². The quantitative estimate of drug-likeness (QED) is 0.355. The zero-order valence-corrected chi connectivity index (χ0v) is 20.3. The van der Waals surface area contributed by atoms with Crippen molar-refractivity contribution in [1.82, 2.24) is 0 Å². The molecule has 0 radical (unpaired) electrons. The van der Waals surface area contributed by atoms with Crippen molar-refractivity contribution in [2.24, 2.45) is 5.41 Å². The van der Waals surface area contributed by atoms with Crippen molar-refractivity contribution in [3.63, 3.8) is 0 Å². The minimum absolute atomic E-state index is 0. The number of nitrogens with two attached hydrogens (primary N) is 1. The monoisotopic (exact) mass is 467 g/mol. The molecule has 1 nitrogen and oxygen atoms in total. The van der Waals surface area contributed by atoms with E-state index in [2.05, 4.69) is 52.8 Å². The summed E-state index contributed by atoms with van der Waals surface area (Å²) in [5.74, 6) is 0. The predicted molar refractivity (Wildman–Crippen MR) is 115 cm³/mol. The minimum Gasteiger partial charge on any atom is -0.693 e. The van der Waals surface area contributed by atoms with E-state index in [1.165, 1.54) is 16.7 Å². The van der Waals surface area contributed by atoms with Gasteiger partial charge in [-0.25, -0.2) is 5.57 Å². The fraction of sp³-hybridized carbons (Fsp3) is 0.273. The van der Waals surface area contributed by atoms with Crippen LogP contribution in [0, 0.1) is 23.6 Å². The molecule has 0 fully saturated rings. The van der Waals surface area contributed by atoms with Crippen molar-refractivity contribution < 1.29 is 26.2 Å². The fourth-order valence-corrected chi connectivity index (χ4v) is 2.09. The SMILES string of the molecule is CC1=[C-]C(C)(C)C(C)=C1C.Cl.Cl.[NH2-].[Zr+4].[c-]1ccccc1.[c-]1ccccc1. The molecule has 1 aliphatic carbocycles. The molecular weight excluding hydrogens is 440 g/mol. The Hall–Kier alpha value is -0.657. The van der Waals surface area contributed by atoms with Gasteiger partial charge < -0.3 is 6.15 Å². The summed E-state index contributed by atoms with van der Waals surface area (Å²) in [4.78, 5) is 0. The molecule has 140 valence electrons. The van der Waals surface area contributed by atoms with Crippen LogP contribution >= 0.6 is 24.8 Å². The van der Waals surface area contributed by atoms with E-state index in [1.807, 2.05) is 60.7 Å². The third kappa shape index (κ3) is 12.7. The molecule has 0 atom stereocenters. The Labute approximate surface area is 191 Å². The number of benzene rings is 2. The fourth-order valence-electron chi connectivity index (χ4n) is 2.09. The summed E-state index contributed by atoms with van der Waals surface area (Å²) >= 11 is 0. The van der Waals surface area contributed by atoms with E-state index in [0.29, 0.717) is 0 Å². The van der Waals surface area contributed by atoms with Gasteiger partial charge in [0.25, 0.3) is 0 Å². The average molecular weight is 470 g/mol. The van der Waals surface area contributed by atoms with Crippen LogP contribution < -0.4 is 0 Å². The second-order valence-corrected chi connectivity index (χ2v) is 5.78. The number of hydrogen-bond donors (Lipinski definition) is 0. The Bertz CT molecular complexity index is 524. The van der Waals surface area contributed by atoms with Crippen molar-refractivity contribution in [3.8, 4) is 0 Å². The average Bonchev–Trinajstić information content (AvgIpc) is 2.74. The van der Waals surface area contributed by atoms with Crippen LogP contribution in [0.5, 0.6) is 0 Å². The molecule has 0 spiro atoms. The number of rotatable bonds is 0. The van der Waals surface area contributed by atoms with Gasteiger partial charge in [-0.15, -0.1) is 31.7 Å². The van der Waals surface area contributed by atoms with Crippen LogP contribution in [-0.2, 0) is 26.2 Å². The zero-order valence-electron chi connectivity index (χ0n) is 16.2. The minimum atomic E-state index is 0. The van der Waals surface area contributed by atoms with E-state index in [4.69, 9.17) is 0 Å². The molecule has 26 heavy (non-hydrogen) atoms. The van der Waals surface area contributed by atoms with E-state index >= 15 is 0 Å². The Kier molecular flexibility index (Phi) is 22.5. The maximum Gasteiger partial charge on any atom is 4.00 e. The topological polar surface area (TPSA) is 33.5 Å². The van der Waals surface area contributed by atoms with Gasteiger partial charge in [-0.2, -0.15) is 83.9 Å². The van der Waals surface area contributed by atoms with Gasteiger partial charge in [-0.1, -0.05) is 33.1 Å². The maximum absolute atomic E-state index is 3.44. The summed E-state index contributed by atoms with van der Waals surface area (Å²) < 4.78 is 0.